The molecule has 0 radical (unpaired) electrons. The third-order valence-corrected chi connectivity index (χ3v) is 3.90. The van der Waals surface area contributed by atoms with Gasteiger partial charge in [-0.05, 0) is 43.5 Å². The van der Waals surface area contributed by atoms with Crippen LogP contribution in [0.4, 0.5) is 5.13 Å². The van der Waals surface area contributed by atoms with E-state index in [-0.39, 0.29) is 0 Å². The molecule has 1 aromatic carbocycles. The minimum absolute atomic E-state index is 0.627. The highest BCUT2D eigenvalue weighted by molar-refractivity contribution is 9.10. The molecule has 0 aliphatic heterocycles. The molecule has 1 aromatic heterocycles. The van der Waals surface area contributed by atoms with Gasteiger partial charge >= 0.3 is 0 Å². The molecule has 0 bridgehead atoms. The first kappa shape index (κ1) is 11.2. The Kier molecular flexibility index (Phi) is 2.88. The fourth-order valence-electron chi connectivity index (χ4n) is 1.67. The van der Waals surface area contributed by atoms with Gasteiger partial charge in [0, 0.05) is 27.6 Å². The molecule has 1 heterocycles. The number of hydrogen-bond donors (Lipinski definition) is 1. The molecule has 0 atom stereocenters. The number of benzene rings is 1. The van der Waals surface area contributed by atoms with Gasteiger partial charge in [0.15, 0.2) is 5.82 Å². The summed E-state index contributed by atoms with van der Waals surface area (Å²) in [7, 11) is 0. The third kappa shape index (κ3) is 2.50. The fourth-order valence-corrected chi connectivity index (χ4v) is 2.81. The minimum Gasteiger partial charge on any atom is -0.358 e. The molecule has 3 nitrogen and oxygen atoms in total. The molecule has 0 spiro atoms. The maximum absolute atomic E-state index is 4.53. The summed E-state index contributed by atoms with van der Waals surface area (Å²) in [5.41, 5.74) is 2.29. The van der Waals surface area contributed by atoms with Crippen LogP contribution >= 0.6 is 27.5 Å². The molecule has 0 amide bonds. The van der Waals surface area contributed by atoms with Crippen molar-refractivity contribution in [3.63, 3.8) is 0 Å². The van der Waals surface area contributed by atoms with Gasteiger partial charge in [0.25, 0.3) is 0 Å². The van der Waals surface area contributed by atoms with Crippen LogP contribution in [0.1, 0.15) is 18.4 Å². The van der Waals surface area contributed by atoms with Gasteiger partial charge in [-0.1, -0.05) is 15.9 Å². The summed E-state index contributed by atoms with van der Waals surface area (Å²) in [4.78, 5) is 4.53. The number of aryl methyl sites for hydroxylation is 1. The van der Waals surface area contributed by atoms with Crippen LogP contribution in [-0.4, -0.2) is 15.4 Å². The van der Waals surface area contributed by atoms with Crippen LogP contribution in [-0.2, 0) is 0 Å². The number of rotatable bonds is 3. The monoisotopic (exact) mass is 309 g/mol. The van der Waals surface area contributed by atoms with E-state index in [1.165, 1.54) is 29.9 Å². The van der Waals surface area contributed by atoms with E-state index in [4.69, 9.17) is 0 Å². The van der Waals surface area contributed by atoms with Crippen molar-refractivity contribution in [3.8, 4) is 11.4 Å². The standard InChI is InChI=1S/C12H12BrN3S/c1-7-6-8(13)2-5-10(7)11-15-12(17-16-11)14-9-3-4-9/h2,5-6,9H,3-4H2,1H3,(H,14,15,16). The van der Waals surface area contributed by atoms with Crippen LogP contribution in [0.3, 0.4) is 0 Å². The molecule has 1 aliphatic carbocycles. The molecule has 1 saturated carbocycles. The topological polar surface area (TPSA) is 37.8 Å². The van der Waals surface area contributed by atoms with Crippen LogP contribution in [0.5, 0.6) is 0 Å². The maximum Gasteiger partial charge on any atom is 0.203 e. The first-order valence-electron chi connectivity index (χ1n) is 5.59. The first-order valence-corrected chi connectivity index (χ1v) is 7.16. The zero-order valence-corrected chi connectivity index (χ0v) is 11.8. The van der Waals surface area contributed by atoms with Gasteiger partial charge < -0.3 is 5.32 Å². The van der Waals surface area contributed by atoms with E-state index in [1.807, 2.05) is 6.07 Å². The Bertz CT molecular complexity index is 548. The molecule has 3 rings (SSSR count). The lowest BCUT2D eigenvalue weighted by Gasteiger charge is -2.01. The van der Waals surface area contributed by atoms with E-state index < -0.39 is 0 Å². The molecule has 2 aromatic rings. The van der Waals surface area contributed by atoms with E-state index in [2.05, 4.69) is 49.7 Å². The van der Waals surface area contributed by atoms with Gasteiger partial charge in [-0.3, -0.25) is 0 Å². The Morgan fingerprint density at radius 3 is 2.94 bits per heavy atom. The highest BCUT2D eigenvalue weighted by Gasteiger charge is 2.22. The van der Waals surface area contributed by atoms with Crippen molar-refractivity contribution in [2.45, 2.75) is 25.8 Å². The smallest absolute Gasteiger partial charge is 0.203 e. The Labute approximate surface area is 113 Å². The third-order valence-electron chi connectivity index (χ3n) is 2.76. The number of hydrogen-bond acceptors (Lipinski definition) is 4. The number of anilines is 1. The van der Waals surface area contributed by atoms with E-state index >= 15 is 0 Å². The van der Waals surface area contributed by atoms with Crippen LogP contribution in [0.15, 0.2) is 22.7 Å². The minimum atomic E-state index is 0.627. The van der Waals surface area contributed by atoms with Crippen molar-refractivity contribution in [1.82, 2.24) is 9.36 Å². The highest BCUT2D eigenvalue weighted by atomic mass is 79.9. The fraction of sp³-hybridized carbons (Fsp3) is 0.333. The number of halogens is 1. The predicted molar refractivity (Wildman–Crippen MR) is 74.4 cm³/mol. The Hall–Kier alpha value is -0.940. The molecule has 1 N–H and O–H groups in total. The van der Waals surface area contributed by atoms with Crippen molar-refractivity contribution < 1.29 is 0 Å². The maximum atomic E-state index is 4.53. The predicted octanol–water partition coefficient (Wildman–Crippen LogP) is 3.85. The number of nitrogens with one attached hydrogen (secondary N) is 1. The average molecular weight is 310 g/mol. The molecular formula is C12H12BrN3S. The zero-order valence-electron chi connectivity index (χ0n) is 9.40. The second-order valence-corrected chi connectivity index (χ2v) is 5.97. The SMILES string of the molecule is Cc1cc(Br)ccc1-c1nsc(NC2CC2)n1. The molecule has 88 valence electrons. The Balaban J connectivity index is 1.89. The quantitative estimate of drug-likeness (QED) is 0.935. The lowest BCUT2D eigenvalue weighted by molar-refractivity contribution is 1.14. The summed E-state index contributed by atoms with van der Waals surface area (Å²) in [6.45, 7) is 2.08. The van der Waals surface area contributed by atoms with Crippen molar-refractivity contribution in [2.75, 3.05) is 5.32 Å². The van der Waals surface area contributed by atoms with Crippen molar-refractivity contribution in [1.29, 1.82) is 0 Å². The largest absolute Gasteiger partial charge is 0.358 e. The lowest BCUT2D eigenvalue weighted by atomic mass is 10.1. The van der Waals surface area contributed by atoms with Crippen molar-refractivity contribution >= 4 is 32.6 Å². The van der Waals surface area contributed by atoms with Gasteiger partial charge in [0.2, 0.25) is 5.13 Å². The molecular weight excluding hydrogens is 298 g/mol. The molecule has 1 aliphatic rings. The molecule has 5 heteroatoms. The molecule has 17 heavy (non-hydrogen) atoms. The van der Waals surface area contributed by atoms with Crippen LogP contribution in [0.25, 0.3) is 11.4 Å². The van der Waals surface area contributed by atoms with E-state index in [0.29, 0.717) is 6.04 Å². The highest BCUT2D eigenvalue weighted by Crippen LogP contribution is 2.29. The zero-order chi connectivity index (χ0) is 11.8. The van der Waals surface area contributed by atoms with E-state index in [1.54, 1.807) is 0 Å². The average Bonchev–Trinajstić information content (AvgIpc) is 2.96. The second-order valence-electron chi connectivity index (χ2n) is 4.30. The van der Waals surface area contributed by atoms with E-state index in [0.717, 1.165) is 21.0 Å². The second kappa shape index (κ2) is 4.38. The van der Waals surface area contributed by atoms with Gasteiger partial charge in [-0.2, -0.15) is 9.36 Å². The van der Waals surface area contributed by atoms with Crippen LogP contribution in [0, 0.1) is 6.92 Å². The summed E-state index contributed by atoms with van der Waals surface area (Å²) < 4.78 is 5.50. The van der Waals surface area contributed by atoms with Crippen LogP contribution < -0.4 is 5.32 Å². The number of aromatic nitrogens is 2. The van der Waals surface area contributed by atoms with Gasteiger partial charge in [-0.15, -0.1) is 0 Å². The Morgan fingerprint density at radius 2 is 2.24 bits per heavy atom. The Morgan fingerprint density at radius 1 is 1.41 bits per heavy atom. The van der Waals surface area contributed by atoms with Gasteiger partial charge in [0.1, 0.15) is 0 Å². The van der Waals surface area contributed by atoms with Gasteiger partial charge in [-0.25, -0.2) is 0 Å². The van der Waals surface area contributed by atoms with Crippen molar-refractivity contribution in [2.24, 2.45) is 0 Å². The first-order chi connectivity index (χ1) is 8.22. The van der Waals surface area contributed by atoms with Crippen molar-refractivity contribution in [3.05, 3.63) is 28.2 Å². The summed E-state index contributed by atoms with van der Waals surface area (Å²) in [6, 6.07) is 6.80. The van der Waals surface area contributed by atoms with E-state index in [9.17, 15) is 0 Å². The normalized spacial score (nSPS) is 14.9. The summed E-state index contributed by atoms with van der Waals surface area (Å²) in [6.07, 6.45) is 2.51. The summed E-state index contributed by atoms with van der Waals surface area (Å²) in [5, 5.41) is 4.31. The molecule has 1 fully saturated rings. The molecule has 0 saturated heterocycles. The summed E-state index contributed by atoms with van der Waals surface area (Å²) in [5.74, 6) is 0.822. The molecule has 0 unspecified atom stereocenters. The summed E-state index contributed by atoms with van der Waals surface area (Å²) >= 11 is 4.91. The van der Waals surface area contributed by atoms with Crippen LogP contribution in [0.2, 0.25) is 0 Å². The number of nitrogens with zero attached hydrogens (tertiary/aromatic N) is 2. The van der Waals surface area contributed by atoms with Gasteiger partial charge in [0.05, 0.1) is 0 Å². The lowest BCUT2D eigenvalue weighted by Crippen LogP contribution is -1.99.